The Morgan fingerprint density at radius 3 is 2.65 bits per heavy atom. The van der Waals surface area contributed by atoms with Gasteiger partial charge < -0.3 is 10.1 Å². The summed E-state index contributed by atoms with van der Waals surface area (Å²) in [6, 6.07) is 12.8. The van der Waals surface area contributed by atoms with Crippen molar-refractivity contribution in [1.82, 2.24) is 5.32 Å². The van der Waals surface area contributed by atoms with Crippen LogP contribution in [0.5, 0.6) is 5.75 Å². The van der Waals surface area contributed by atoms with Crippen molar-refractivity contribution in [3.8, 4) is 5.75 Å². The van der Waals surface area contributed by atoms with Crippen LogP contribution >= 0.6 is 0 Å². The van der Waals surface area contributed by atoms with Crippen LogP contribution in [0.25, 0.3) is 10.8 Å². The molecule has 0 aromatic heterocycles. The molecule has 0 atom stereocenters. The first-order valence-corrected chi connectivity index (χ1v) is 7.56. The third kappa shape index (κ3) is 3.73. The number of rotatable bonds is 7. The fourth-order valence-corrected chi connectivity index (χ4v) is 2.28. The number of nitrogens with one attached hydrogen (secondary N) is 1. The van der Waals surface area contributed by atoms with Crippen molar-refractivity contribution in [2.45, 2.75) is 33.7 Å². The Morgan fingerprint density at radius 1 is 1.10 bits per heavy atom. The lowest BCUT2D eigenvalue weighted by molar-refractivity contribution is 0.268. The zero-order chi connectivity index (χ0) is 14.4. The molecule has 0 saturated carbocycles. The van der Waals surface area contributed by atoms with Gasteiger partial charge in [0, 0.05) is 12.1 Å². The monoisotopic (exact) mass is 271 g/mol. The second kappa shape index (κ2) is 7.30. The largest absolute Gasteiger partial charge is 0.493 e. The second-order valence-electron chi connectivity index (χ2n) is 5.65. The predicted octanol–water partition coefficient (Wildman–Crippen LogP) is 4.37. The van der Waals surface area contributed by atoms with E-state index >= 15 is 0 Å². The summed E-state index contributed by atoms with van der Waals surface area (Å²) in [5.41, 5.74) is 1.28. The molecule has 1 N–H and O–H groups in total. The lowest BCUT2D eigenvalue weighted by Crippen LogP contribution is -2.15. The van der Waals surface area contributed by atoms with Gasteiger partial charge in [0.05, 0.1) is 6.61 Å². The molecule has 0 aliphatic carbocycles. The molecule has 0 spiro atoms. The third-order valence-corrected chi connectivity index (χ3v) is 3.30. The molecule has 108 valence electrons. The van der Waals surface area contributed by atoms with Crippen LogP contribution in [-0.4, -0.2) is 13.2 Å². The van der Waals surface area contributed by atoms with E-state index in [0.29, 0.717) is 5.92 Å². The van der Waals surface area contributed by atoms with Crippen LogP contribution in [0.3, 0.4) is 0 Å². The highest BCUT2D eigenvalue weighted by Gasteiger charge is 2.09. The molecule has 2 nitrogen and oxygen atoms in total. The van der Waals surface area contributed by atoms with E-state index in [1.165, 1.54) is 16.3 Å². The van der Waals surface area contributed by atoms with Gasteiger partial charge in [-0.15, -0.1) is 0 Å². The molecular weight excluding hydrogens is 246 g/mol. The minimum atomic E-state index is 0.540. The molecule has 0 unspecified atom stereocenters. The summed E-state index contributed by atoms with van der Waals surface area (Å²) >= 11 is 0. The van der Waals surface area contributed by atoms with E-state index in [9.17, 15) is 0 Å². The van der Waals surface area contributed by atoms with Crippen molar-refractivity contribution < 1.29 is 4.74 Å². The van der Waals surface area contributed by atoms with Gasteiger partial charge in [-0.3, -0.25) is 0 Å². The fraction of sp³-hybridized carbons (Fsp3) is 0.444. The van der Waals surface area contributed by atoms with Crippen LogP contribution in [0.15, 0.2) is 36.4 Å². The zero-order valence-electron chi connectivity index (χ0n) is 12.8. The Hall–Kier alpha value is -1.54. The summed E-state index contributed by atoms with van der Waals surface area (Å²) in [5, 5.41) is 6.06. The molecule has 0 bridgehead atoms. The normalized spacial score (nSPS) is 11.2. The molecule has 2 aromatic rings. The van der Waals surface area contributed by atoms with Crippen LogP contribution in [0.2, 0.25) is 0 Å². The van der Waals surface area contributed by atoms with Crippen molar-refractivity contribution in [2.75, 3.05) is 13.2 Å². The van der Waals surface area contributed by atoms with E-state index in [2.05, 4.69) is 62.5 Å². The molecule has 0 radical (unpaired) electrons. The topological polar surface area (TPSA) is 21.3 Å². The van der Waals surface area contributed by atoms with Crippen molar-refractivity contribution in [3.63, 3.8) is 0 Å². The number of hydrogen-bond acceptors (Lipinski definition) is 2. The van der Waals surface area contributed by atoms with Gasteiger partial charge in [-0.1, -0.05) is 51.1 Å². The highest BCUT2D eigenvalue weighted by molar-refractivity contribution is 5.87. The lowest BCUT2D eigenvalue weighted by Gasteiger charge is -2.16. The highest BCUT2D eigenvalue weighted by atomic mass is 16.5. The van der Waals surface area contributed by atoms with E-state index in [1.54, 1.807) is 0 Å². The molecule has 0 fully saturated rings. The Morgan fingerprint density at radius 2 is 1.90 bits per heavy atom. The maximum absolute atomic E-state index is 6.00. The SMILES string of the molecule is CCCNCc1c(OCC(C)C)ccc2ccccc12. The second-order valence-corrected chi connectivity index (χ2v) is 5.65. The average Bonchev–Trinajstić information content (AvgIpc) is 2.46. The smallest absolute Gasteiger partial charge is 0.124 e. The molecular formula is C18H25NO. The van der Waals surface area contributed by atoms with Gasteiger partial charge in [0.15, 0.2) is 0 Å². The summed E-state index contributed by atoms with van der Waals surface area (Å²) in [4.78, 5) is 0. The first-order valence-electron chi connectivity index (χ1n) is 7.56. The predicted molar refractivity (Wildman–Crippen MR) is 86.3 cm³/mol. The molecule has 2 heteroatoms. The summed E-state index contributed by atoms with van der Waals surface area (Å²) in [7, 11) is 0. The molecule has 0 heterocycles. The van der Waals surface area contributed by atoms with Crippen LogP contribution in [0.4, 0.5) is 0 Å². The fourth-order valence-electron chi connectivity index (χ4n) is 2.28. The highest BCUT2D eigenvalue weighted by Crippen LogP contribution is 2.28. The van der Waals surface area contributed by atoms with Crippen LogP contribution < -0.4 is 10.1 Å². The molecule has 2 rings (SSSR count). The van der Waals surface area contributed by atoms with Gasteiger partial charge >= 0.3 is 0 Å². The van der Waals surface area contributed by atoms with Crippen LogP contribution in [-0.2, 0) is 6.54 Å². The van der Waals surface area contributed by atoms with Crippen LogP contribution in [0.1, 0.15) is 32.8 Å². The summed E-state index contributed by atoms with van der Waals surface area (Å²) in [6.45, 7) is 9.20. The minimum Gasteiger partial charge on any atom is -0.493 e. The summed E-state index contributed by atoms with van der Waals surface area (Å²) in [5.74, 6) is 1.55. The number of benzene rings is 2. The Balaban J connectivity index is 2.31. The van der Waals surface area contributed by atoms with E-state index in [1.807, 2.05) is 0 Å². The number of hydrogen-bond donors (Lipinski definition) is 1. The maximum atomic E-state index is 6.00. The van der Waals surface area contributed by atoms with Crippen LogP contribution in [0, 0.1) is 5.92 Å². The van der Waals surface area contributed by atoms with Gasteiger partial charge in [-0.2, -0.15) is 0 Å². The van der Waals surface area contributed by atoms with Gasteiger partial charge in [-0.05, 0) is 35.7 Å². The minimum absolute atomic E-state index is 0.540. The summed E-state index contributed by atoms with van der Waals surface area (Å²) < 4.78 is 6.00. The zero-order valence-corrected chi connectivity index (χ0v) is 12.8. The van der Waals surface area contributed by atoms with Crippen molar-refractivity contribution >= 4 is 10.8 Å². The van der Waals surface area contributed by atoms with Gasteiger partial charge in [0.1, 0.15) is 5.75 Å². The molecule has 0 aliphatic heterocycles. The van der Waals surface area contributed by atoms with Crippen molar-refractivity contribution in [1.29, 1.82) is 0 Å². The van der Waals surface area contributed by atoms with Crippen molar-refractivity contribution in [3.05, 3.63) is 42.0 Å². The van der Waals surface area contributed by atoms with Gasteiger partial charge in [-0.25, -0.2) is 0 Å². The average molecular weight is 271 g/mol. The van der Waals surface area contributed by atoms with E-state index < -0.39 is 0 Å². The first kappa shape index (κ1) is 14.9. The van der Waals surface area contributed by atoms with Gasteiger partial charge in [0.25, 0.3) is 0 Å². The molecule has 0 aliphatic rings. The Kier molecular flexibility index (Phi) is 5.42. The Bertz CT molecular complexity index is 548. The molecule has 0 amide bonds. The molecule has 20 heavy (non-hydrogen) atoms. The summed E-state index contributed by atoms with van der Waals surface area (Å²) in [6.07, 6.45) is 1.15. The Labute approximate surface area is 122 Å². The lowest BCUT2D eigenvalue weighted by atomic mass is 10.0. The van der Waals surface area contributed by atoms with Crippen molar-refractivity contribution in [2.24, 2.45) is 5.92 Å². The number of fused-ring (bicyclic) bond motifs is 1. The van der Waals surface area contributed by atoms with E-state index in [0.717, 1.165) is 31.9 Å². The van der Waals surface area contributed by atoms with Gasteiger partial charge in [0.2, 0.25) is 0 Å². The molecule has 2 aromatic carbocycles. The quantitative estimate of drug-likeness (QED) is 0.755. The van der Waals surface area contributed by atoms with E-state index in [4.69, 9.17) is 4.74 Å². The maximum Gasteiger partial charge on any atom is 0.124 e. The standard InChI is InChI=1S/C18H25NO/c1-4-11-19-12-17-16-8-6-5-7-15(16)9-10-18(17)20-13-14(2)3/h5-10,14,19H,4,11-13H2,1-3H3. The number of ether oxygens (including phenoxy) is 1. The third-order valence-electron chi connectivity index (χ3n) is 3.30. The molecule has 0 saturated heterocycles. The van der Waals surface area contributed by atoms with E-state index in [-0.39, 0.29) is 0 Å². The first-order chi connectivity index (χ1) is 9.72.